The van der Waals surface area contributed by atoms with Crippen molar-refractivity contribution in [3.63, 3.8) is 0 Å². The van der Waals surface area contributed by atoms with Gasteiger partial charge in [-0.1, -0.05) is 0 Å². The van der Waals surface area contributed by atoms with Crippen LogP contribution in [0.15, 0.2) is 41.6 Å². The van der Waals surface area contributed by atoms with E-state index >= 15 is 0 Å². The van der Waals surface area contributed by atoms with E-state index < -0.39 is 14.9 Å². The Morgan fingerprint density at radius 3 is 2.54 bits per heavy atom. The molecule has 3 rings (SSSR count). The van der Waals surface area contributed by atoms with Crippen LogP contribution in [0.5, 0.6) is 0 Å². The van der Waals surface area contributed by atoms with Gasteiger partial charge in [0.05, 0.1) is 27.7 Å². The number of benzene rings is 1. The van der Waals surface area contributed by atoms with Crippen LogP contribution in [0, 0.1) is 10.1 Å². The van der Waals surface area contributed by atoms with Crippen LogP contribution in [0.25, 0.3) is 0 Å². The number of hydrogen-bond donors (Lipinski definition) is 1. The average Bonchev–Trinajstić information content (AvgIpc) is 3.03. The predicted molar refractivity (Wildman–Crippen MR) is 85.2 cm³/mol. The van der Waals surface area contributed by atoms with E-state index in [9.17, 15) is 18.5 Å². The molecule has 1 aliphatic rings. The molecule has 2 aromatic rings. The van der Waals surface area contributed by atoms with Gasteiger partial charge in [0.25, 0.3) is 15.7 Å². The van der Waals surface area contributed by atoms with E-state index in [2.05, 4.69) is 9.82 Å². The number of nitrogens with one attached hydrogen (secondary N) is 1. The summed E-state index contributed by atoms with van der Waals surface area (Å²) in [4.78, 5) is 10.00. The molecule has 24 heavy (non-hydrogen) atoms. The lowest BCUT2D eigenvalue weighted by Crippen LogP contribution is -2.19. The highest BCUT2D eigenvalue weighted by Crippen LogP contribution is 2.23. The first kappa shape index (κ1) is 16.4. The van der Waals surface area contributed by atoms with Crippen molar-refractivity contribution in [2.75, 3.05) is 17.9 Å². The number of aromatic nitrogens is 2. The number of non-ortho nitro benzene ring substituents is 1. The molecular weight excluding hydrogens is 336 g/mol. The van der Waals surface area contributed by atoms with Crippen molar-refractivity contribution < 1.29 is 18.1 Å². The van der Waals surface area contributed by atoms with E-state index in [1.807, 2.05) is 0 Å². The minimum absolute atomic E-state index is 0.0492. The molecule has 1 N–H and O–H groups in total. The third-order valence-electron chi connectivity index (χ3n) is 3.78. The maximum absolute atomic E-state index is 12.3. The third-order valence-corrected chi connectivity index (χ3v) is 5.17. The zero-order valence-corrected chi connectivity index (χ0v) is 13.5. The molecule has 1 aromatic carbocycles. The van der Waals surface area contributed by atoms with Gasteiger partial charge < -0.3 is 4.74 Å². The fourth-order valence-electron chi connectivity index (χ4n) is 2.50. The van der Waals surface area contributed by atoms with Gasteiger partial charge in [-0.3, -0.25) is 19.5 Å². The number of sulfonamides is 1. The molecule has 1 aromatic heterocycles. The molecule has 0 atom stereocenters. The van der Waals surface area contributed by atoms with Gasteiger partial charge in [-0.2, -0.15) is 5.10 Å². The number of anilines is 1. The highest BCUT2D eigenvalue weighted by Gasteiger charge is 2.19. The molecule has 1 saturated heterocycles. The van der Waals surface area contributed by atoms with Crippen LogP contribution in [0.2, 0.25) is 0 Å². The summed E-state index contributed by atoms with van der Waals surface area (Å²) in [5, 5.41) is 14.8. The van der Waals surface area contributed by atoms with Crippen LogP contribution < -0.4 is 4.72 Å². The minimum atomic E-state index is -3.82. The average molecular weight is 352 g/mol. The summed E-state index contributed by atoms with van der Waals surface area (Å²) in [7, 11) is -3.82. The van der Waals surface area contributed by atoms with Crippen molar-refractivity contribution in [3.05, 3.63) is 46.8 Å². The highest BCUT2D eigenvalue weighted by molar-refractivity contribution is 7.92. The van der Waals surface area contributed by atoms with Crippen molar-refractivity contribution >= 4 is 21.4 Å². The molecule has 0 unspecified atom stereocenters. The molecule has 10 heteroatoms. The first-order valence-electron chi connectivity index (χ1n) is 7.35. The van der Waals surface area contributed by atoms with Crippen molar-refractivity contribution in [3.8, 4) is 0 Å². The molecule has 0 aliphatic carbocycles. The van der Waals surface area contributed by atoms with Crippen molar-refractivity contribution in [2.24, 2.45) is 0 Å². The number of rotatable bonds is 5. The monoisotopic (exact) mass is 352 g/mol. The number of hydrogen-bond acceptors (Lipinski definition) is 6. The molecule has 0 radical (unpaired) electrons. The summed E-state index contributed by atoms with van der Waals surface area (Å²) < 4.78 is 34.1. The van der Waals surface area contributed by atoms with E-state index in [1.54, 1.807) is 10.9 Å². The van der Waals surface area contributed by atoms with Gasteiger partial charge in [-0.15, -0.1) is 0 Å². The Balaban J connectivity index is 1.74. The fourth-order valence-corrected chi connectivity index (χ4v) is 3.53. The van der Waals surface area contributed by atoms with Crippen LogP contribution in [0.4, 0.5) is 11.4 Å². The van der Waals surface area contributed by atoms with Crippen LogP contribution in [0.1, 0.15) is 18.9 Å². The normalized spacial score (nSPS) is 16.0. The SMILES string of the molecule is O=[N+]([O-])c1ccc(S(=O)(=O)Nc2cnn(C3CCOCC3)c2)cc1. The Morgan fingerprint density at radius 2 is 1.92 bits per heavy atom. The number of ether oxygens (including phenoxy) is 1. The smallest absolute Gasteiger partial charge is 0.269 e. The molecule has 0 spiro atoms. The Bertz CT molecular complexity index is 825. The molecule has 2 heterocycles. The molecule has 0 bridgehead atoms. The predicted octanol–water partition coefficient (Wildman–Crippen LogP) is 1.94. The lowest BCUT2D eigenvalue weighted by atomic mass is 10.1. The second-order valence-electron chi connectivity index (χ2n) is 5.41. The molecular formula is C14H16N4O5S. The van der Waals surface area contributed by atoms with Gasteiger partial charge in [0, 0.05) is 31.5 Å². The summed E-state index contributed by atoms with van der Waals surface area (Å²) in [6.45, 7) is 1.32. The summed E-state index contributed by atoms with van der Waals surface area (Å²) >= 11 is 0. The lowest BCUT2D eigenvalue weighted by molar-refractivity contribution is -0.384. The van der Waals surface area contributed by atoms with E-state index in [0.717, 1.165) is 25.0 Å². The minimum Gasteiger partial charge on any atom is -0.381 e. The number of nitro benzene ring substituents is 1. The second kappa shape index (κ2) is 6.57. The zero-order valence-electron chi connectivity index (χ0n) is 12.7. The number of nitrogens with zero attached hydrogens (tertiary/aromatic N) is 3. The molecule has 9 nitrogen and oxygen atoms in total. The van der Waals surface area contributed by atoms with Crippen molar-refractivity contribution in [1.29, 1.82) is 0 Å². The summed E-state index contributed by atoms with van der Waals surface area (Å²) in [6, 6.07) is 4.89. The largest absolute Gasteiger partial charge is 0.381 e. The quantitative estimate of drug-likeness (QED) is 0.649. The first-order valence-corrected chi connectivity index (χ1v) is 8.83. The van der Waals surface area contributed by atoms with Gasteiger partial charge in [-0.05, 0) is 25.0 Å². The lowest BCUT2D eigenvalue weighted by Gasteiger charge is -2.22. The van der Waals surface area contributed by atoms with E-state index in [4.69, 9.17) is 4.74 Å². The van der Waals surface area contributed by atoms with Crippen molar-refractivity contribution in [1.82, 2.24) is 9.78 Å². The topological polar surface area (TPSA) is 116 Å². The Morgan fingerprint density at radius 1 is 1.25 bits per heavy atom. The van der Waals surface area contributed by atoms with Gasteiger partial charge in [0.1, 0.15) is 0 Å². The Labute approximate surface area is 138 Å². The standard InChI is InChI=1S/C14H16N4O5S/c19-18(20)13-1-3-14(4-2-13)24(21,22)16-11-9-15-17(10-11)12-5-7-23-8-6-12/h1-4,9-10,12,16H,5-8H2. The highest BCUT2D eigenvalue weighted by atomic mass is 32.2. The van der Waals surface area contributed by atoms with Crippen LogP contribution in [0.3, 0.4) is 0 Å². The van der Waals surface area contributed by atoms with E-state index in [1.165, 1.54) is 18.3 Å². The summed E-state index contributed by atoms with van der Waals surface area (Å²) in [5.41, 5.74) is 0.182. The van der Waals surface area contributed by atoms with Crippen LogP contribution >= 0.6 is 0 Å². The Hall–Kier alpha value is -2.46. The maximum atomic E-state index is 12.3. The molecule has 0 amide bonds. The molecule has 1 fully saturated rings. The van der Waals surface area contributed by atoms with Gasteiger partial charge in [-0.25, -0.2) is 8.42 Å². The fraction of sp³-hybridized carbons (Fsp3) is 0.357. The Kier molecular flexibility index (Phi) is 4.49. The van der Waals surface area contributed by atoms with Gasteiger partial charge in [0.2, 0.25) is 0 Å². The first-order chi connectivity index (χ1) is 11.5. The summed E-state index contributed by atoms with van der Waals surface area (Å²) in [6.07, 6.45) is 4.74. The number of nitro groups is 1. The van der Waals surface area contributed by atoms with Crippen LogP contribution in [-0.4, -0.2) is 36.3 Å². The van der Waals surface area contributed by atoms with E-state index in [-0.39, 0.29) is 16.6 Å². The summed E-state index contributed by atoms with van der Waals surface area (Å²) in [5.74, 6) is 0. The third kappa shape index (κ3) is 3.54. The second-order valence-corrected chi connectivity index (χ2v) is 7.09. The molecule has 1 aliphatic heterocycles. The van der Waals surface area contributed by atoms with E-state index in [0.29, 0.717) is 18.9 Å². The van der Waals surface area contributed by atoms with Crippen LogP contribution in [-0.2, 0) is 14.8 Å². The maximum Gasteiger partial charge on any atom is 0.269 e. The molecule has 0 saturated carbocycles. The van der Waals surface area contributed by atoms with Crippen molar-refractivity contribution in [2.45, 2.75) is 23.8 Å². The zero-order chi connectivity index (χ0) is 17.2. The van der Waals surface area contributed by atoms with Gasteiger partial charge >= 0.3 is 0 Å². The van der Waals surface area contributed by atoms with Gasteiger partial charge in [0.15, 0.2) is 0 Å². The molecule has 128 valence electrons.